The Labute approximate surface area is 138 Å². The maximum atomic E-state index is 12.6. The van der Waals surface area contributed by atoms with Crippen LogP contribution in [0.4, 0.5) is 10.5 Å². The number of fused-ring (bicyclic) bond motifs is 1. The number of anilines is 1. The zero-order valence-electron chi connectivity index (χ0n) is 12.7. The second-order valence-electron chi connectivity index (χ2n) is 5.52. The van der Waals surface area contributed by atoms with Crippen molar-refractivity contribution in [2.24, 2.45) is 0 Å². The number of nitrogens with zero attached hydrogens (tertiary/aromatic N) is 2. The van der Waals surface area contributed by atoms with Gasteiger partial charge in [-0.1, -0.05) is 11.6 Å². The normalized spacial score (nSPS) is 18.4. The Hall–Kier alpha value is -2.34. The summed E-state index contributed by atoms with van der Waals surface area (Å²) in [5, 5.41) is 7.02. The summed E-state index contributed by atoms with van der Waals surface area (Å²) in [5.74, 6) is -0.0340. The zero-order chi connectivity index (χ0) is 16.4. The van der Waals surface area contributed by atoms with Crippen LogP contribution in [0.2, 0.25) is 5.02 Å². The van der Waals surface area contributed by atoms with Crippen LogP contribution in [0.1, 0.15) is 13.3 Å². The van der Waals surface area contributed by atoms with Gasteiger partial charge in [0.2, 0.25) is 5.91 Å². The number of carbonyl (C=O) groups excluding carboxylic acids is 2. The fraction of sp³-hybridized carbons (Fsp3) is 0.312. The third-order valence-electron chi connectivity index (χ3n) is 3.93. The van der Waals surface area contributed by atoms with E-state index in [2.05, 4.69) is 15.6 Å². The highest BCUT2D eigenvalue weighted by molar-refractivity contribution is 6.35. The van der Waals surface area contributed by atoms with E-state index in [0.717, 1.165) is 5.39 Å². The van der Waals surface area contributed by atoms with E-state index in [1.807, 2.05) is 13.0 Å². The number of aromatic nitrogens is 1. The van der Waals surface area contributed by atoms with Crippen molar-refractivity contribution in [3.8, 4) is 0 Å². The molecule has 0 saturated carbocycles. The number of urea groups is 1. The van der Waals surface area contributed by atoms with Crippen molar-refractivity contribution in [2.75, 3.05) is 18.4 Å². The van der Waals surface area contributed by atoms with Gasteiger partial charge in [-0.3, -0.25) is 9.78 Å². The van der Waals surface area contributed by atoms with Gasteiger partial charge in [0.05, 0.1) is 16.2 Å². The molecule has 120 valence electrons. The molecular formula is C16H17ClN4O2. The highest BCUT2D eigenvalue weighted by Gasteiger charge is 2.24. The number of hydrogen-bond acceptors (Lipinski definition) is 3. The molecule has 1 aromatic carbocycles. The van der Waals surface area contributed by atoms with E-state index in [9.17, 15) is 9.59 Å². The van der Waals surface area contributed by atoms with Gasteiger partial charge in [0, 0.05) is 37.1 Å². The van der Waals surface area contributed by atoms with Gasteiger partial charge >= 0.3 is 6.03 Å². The summed E-state index contributed by atoms with van der Waals surface area (Å²) in [6.07, 6.45) is 1.97. The van der Waals surface area contributed by atoms with Crippen LogP contribution >= 0.6 is 11.6 Å². The Morgan fingerprint density at radius 2 is 2.26 bits per heavy atom. The number of halogens is 1. The van der Waals surface area contributed by atoms with Crippen molar-refractivity contribution in [3.63, 3.8) is 0 Å². The quantitative estimate of drug-likeness (QED) is 0.843. The molecule has 2 N–H and O–H groups in total. The SMILES string of the molecule is CC1CNC(=O)CCN1C(=O)Nc1ccc(Cl)c2ncccc12. The van der Waals surface area contributed by atoms with E-state index in [4.69, 9.17) is 11.6 Å². The highest BCUT2D eigenvalue weighted by Crippen LogP contribution is 2.28. The Morgan fingerprint density at radius 1 is 1.43 bits per heavy atom. The van der Waals surface area contributed by atoms with Crippen LogP contribution in [0.3, 0.4) is 0 Å². The van der Waals surface area contributed by atoms with Gasteiger partial charge in [-0.15, -0.1) is 0 Å². The minimum absolute atomic E-state index is 0.0340. The largest absolute Gasteiger partial charge is 0.354 e. The second-order valence-corrected chi connectivity index (χ2v) is 5.93. The molecule has 1 aliphatic heterocycles. The van der Waals surface area contributed by atoms with E-state index in [1.165, 1.54) is 0 Å². The van der Waals surface area contributed by atoms with Gasteiger partial charge in [-0.25, -0.2) is 4.79 Å². The Morgan fingerprint density at radius 3 is 3.09 bits per heavy atom. The lowest BCUT2D eigenvalue weighted by molar-refractivity contribution is -0.120. The summed E-state index contributed by atoms with van der Waals surface area (Å²) in [6.45, 7) is 2.75. The Balaban J connectivity index is 1.85. The molecule has 7 heteroatoms. The molecule has 23 heavy (non-hydrogen) atoms. The number of amides is 3. The predicted octanol–water partition coefficient (Wildman–Crippen LogP) is 2.63. The molecule has 0 aliphatic carbocycles. The van der Waals surface area contributed by atoms with Gasteiger partial charge < -0.3 is 15.5 Å². The smallest absolute Gasteiger partial charge is 0.322 e. The van der Waals surface area contributed by atoms with Crippen LogP contribution in [0.15, 0.2) is 30.5 Å². The van der Waals surface area contributed by atoms with Crippen molar-refractivity contribution >= 4 is 40.1 Å². The molecule has 1 unspecified atom stereocenters. The highest BCUT2D eigenvalue weighted by atomic mass is 35.5. The molecule has 0 radical (unpaired) electrons. The van der Waals surface area contributed by atoms with Gasteiger partial charge in [0.1, 0.15) is 0 Å². The van der Waals surface area contributed by atoms with E-state index in [1.54, 1.807) is 29.3 Å². The topological polar surface area (TPSA) is 74.3 Å². The average Bonchev–Trinajstić information content (AvgIpc) is 2.72. The van der Waals surface area contributed by atoms with Crippen molar-refractivity contribution in [3.05, 3.63) is 35.5 Å². The molecule has 2 heterocycles. The summed E-state index contributed by atoms with van der Waals surface area (Å²) < 4.78 is 0. The van der Waals surface area contributed by atoms with E-state index < -0.39 is 0 Å². The molecular weight excluding hydrogens is 316 g/mol. The van der Waals surface area contributed by atoms with Crippen molar-refractivity contribution in [2.45, 2.75) is 19.4 Å². The van der Waals surface area contributed by atoms with Gasteiger partial charge in [0.15, 0.2) is 0 Å². The molecule has 0 spiro atoms. The van der Waals surface area contributed by atoms with Gasteiger partial charge in [0.25, 0.3) is 0 Å². The maximum absolute atomic E-state index is 12.6. The van der Waals surface area contributed by atoms with Crippen LogP contribution in [-0.4, -0.2) is 41.0 Å². The zero-order valence-corrected chi connectivity index (χ0v) is 13.4. The third-order valence-corrected chi connectivity index (χ3v) is 4.23. The third kappa shape index (κ3) is 3.22. The van der Waals surface area contributed by atoms with Crippen LogP contribution in [0.25, 0.3) is 10.9 Å². The molecule has 1 aliphatic rings. The minimum atomic E-state index is -0.235. The van der Waals surface area contributed by atoms with Crippen LogP contribution in [-0.2, 0) is 4.79 Å². The summed E-state index contributed by atoms with van der Waals surface area (Å²) in [7, 11) is 0. The molecule has 3 rings (SSSR count). The summed E-state index contributed by atoms with van der Waals surface area (Å²) in [6, 6.07) is 6.82. The van der Waals surface area contributed by atoms with Crippen LogP contribution in [0, 0.1) is 0 Å². The Bertz CT molecular complexity index is 765. The number of hydrogen-bond donors (Lipinski definition) is 2. The van der Waals surface area contributed by atoms with E-state index in [-0.39, 0.29) is 18.0 Å². The molecule has 1 fully saturated rings. The number of pyridine rings is 1. The van der Waals surface area contributed by atoms with Gasteiger partial charge in [-0.2, -0.15) is 0 Å². The van der Waals surface area contributed by atoms with Crippen LogP contribution < -0.4 is 10.6 Å². The lowest BCUT2D eigenvalue weighted by Crippen LogP contribution is -2.44. The summed E-state index contributed by atoms with van der Waals surface area (Å²) in [5.41, 5.74) is 1.30. The van der Waals surface area contributed by atoms with Crippen molar-refractivity contribution < 1.29 is 9.59 Å². The second kappa shape index (κ2) is 6.42. The summed E-state index contributed by atoms with van der Waals surface area (Å²) >= 11 is 6.14. The van der Waals surface area contributed by atoms with E-state index in [0.29, 0.717) is 35.7 Å². The fourth-order valence-electron chi connectivity index (χ4n) is 2.64. The molecule has 6 nitrogen and oxygen atoms in total. The maximum Gasteiger partial charge on any atom is 0.322 e. The minimum Gasteiger partial charge on any atom is -0.354 e. The predicted molar refractivity (Wildman–Crippen MR) is 89.6 cm³/mol. The molecule has 1 aromatic heterocycles. The molecule has 1 atom stereocenters. The standard InChI is InChI=1S/C16H17ClN4O2/c1-10-9-19-14(22)6-8-21(10)16(23)20-13-5-4-12(17)15-11(13)3-2-7-18-15/h2-5,7,10H,6,8-9H2,1H3,(H,19,22)(H,20,23). The molecule has 2 aromatic rings. The van der Waals surface area contributed by atoms with Crippen molar-refractivity contribution in [1.82, 2.24) is 15.2 Å². The fourth-order valence-corrected chi connectivity index (χ4v) is 2.85. The first-order valence-electron chi connectivity index (χ1n) is 7.44. The number of nitrogens with one attached hydrogen (secondary N) is 2. The molecule has 1 saturated heterocycles. The monoisotopic (exact) mass is 332 g/mol. The summed E-state index contributed by atoms with van der Waals surface area (Å²) in [4.78, 5) is 30.0. The lowest BCUT2D eigenvalue weighted by atomic mass is 10.2. The lowest BCUT2D eigenvalue weighted by Gasteiger charge is -2.26. The first kappa shape index (κ1) is 15.6. The molecule has 3 amide bonds. The number of rotatable bonds is 1. The van der Waals surface area contributed by atoms with Crippen LogP contribution in [0.5, 0.6) is 0 Å². The molecule has 0 bridgehead atoms. The first-order chi connectivity index (χ1) is 11.1. The van der Waals surface area contributed by atoms with E-state index >= 15 is 0 Å². The Kier molecular flexibility index (Phi) is 4.34. The first-order valence-corrected chi connectivity index (χ1v) is 7.81. The van der Waals surface area contributed by atoms with Gasteiger partial charge in [-0.05, 0) is 31.2 Å². The number of carbonyl (C=O) groups is 2. The average molecular weight is 333 g/mol. The number of benzene rings is 1. The van der Waals surface area contributed by atoms with Crippen molar-refractivity contribution in [1.29, 1.82) is 0 Å².